The van der Waals surface area contributed by atoms with Gasteiger partial charge in [-0.1, -0.05) is 6.92 Å². The largest absolute Gasteiger partial charge is 0.326 e. The summed E-state index contributed by atoms with van der Waals surface area (Å²) in [5.41, 5.74) is 0. The lowest BCUT2D eigenvalue weighted by Gasteiger charge is -2.16. The van der Waals surface area contributed by atoms with Gasteiger partial charge in [0, 0.05) is 17.1 Å². The molecule has 0 radical (unpaired) electrons. The van der Waals surface area contributed by atoms with Gasteiger partial charge in [-0.2, -0.15) is 8.42 Å². The van der Waals surface area contributed by atoms with E-state index in [9.17, 15) is 13.2 Å². The van der Waals surface area contributed by atoms with E-state index in [1.807, 2.05) is 0 Å². The highest BCUT2D eigenvalue weighted by molar-refractivity contribution is 9.10. The van der Waals surface area contributed by atoms with Crippen molar-refractivity contribution in [3.8, 4) is 0 Å². The monoisotopic (exact) mass is 331 g/mol. The van der Waals surface area contributed by atoms with Gasteiger partial charge in [0.05, 0.1) is 6.42 Å². The van der Waals surface area contributed by atoms with Crippen LogP contribution in [0.25, 0.3) is 0 Å². The van der Waals surface area contributed by atoms with Crippen molar-refractivity contribution in [3.63, 3.8) is 0 Å². The van der Waals surface area contributed by atoms with Crippen LogP contribution < -0.4 is 5.32 Å². The summed E-state index contributed by atoms with van der Waals surface area (Å²) in [5, 5.41) is 2.76. The molecule has 1 aliphatic rings. The fraction of sp³-hybridized carbons (Fsp3) is 0.300. The van der Waals surface area contributed by atoms with Crippen LogP contribution in [-0.4, -0.2) is 25.0 Å². The van der Waals surface area contributed by atoms with Gasteiger partial charge in [-0.25, -0.2) is 4.98 Å². The molecule has 96 valence electrons. The number of amidine groups is 1. The predicted octanol–water partition coefficient (Wildman–Crippen LogP) is 1.73. The second-order valence-corrected chi connectivity index (χ2v) is 6.20. The van der Waals surface area contributed by atoms with Crippen LogP contribution in [0.4, 0.5) is 5.82 Å². The summed E-state index contributed by atoms with van der Waals surface area (Å²) < 4.78 is 27.9. The molecule has 0 spiro atoms. The molecule has 6 nitrogen and oxygen atoms in total. The molecule has 0 saturated heterocycles. The van der Waals surface area contributed by atoms with E-state index < -0.39 is 10.0 Å². The van der Waals surface area contributed by atoms with Gasteiger partial charge < -0.3 is 5.32 Å². The van der Waals surface area contributed by atoms with Crippen LogP contribution in [0.3, 0.4) is 0 Å². The van der Waals surface area contributed by atoms with Crippen LogP contribution in [-0.2, 0) is 14.8 Å². The van der Waals surface area contributed by atoms with Crippen molar-refractivity contribution in [1.29, 1.82) is 0 Å². The first-order valence-corrected chi connectivity index (χ1v) is 7.44. The van der Waals surface area contributed by atoms with E-state index in [4.69, 9.17) is 0 Å². The van der Waals surface area contributed by atoms with E-state index >= 15 is 0 Å². The predicted molar refractivity (Wildman–Crippen MR) is 70.1 cm³/mol. The van der Waals surface area contributed by atoms with Gasteiger partial charge in [-0.3, -0.25) is 4.79 Å². The van der Waals surface area contributed by atoms with Gasteiger partial charge in [0.1, 0.15) is 16.5 Å². The number of fused-ring (bicyclic) bond motifs is 1. The average Bonchev–Trinajstić information content (AvgIpc) is 2.29. The van der Waals surface area contributed by atoms with E-state index in [0.29, 0.717) is 10.9 Å². The molecule has 0 atom stereocenters. The van der Waals surface area contributed by atoms with Crippen molar-refractivity contribution in [1.82, 2.24) is 4.98 Å². The lowest BCUT2D eigenvalue weighted by Crippen LogP contribution is -2.24. The number of nitrogens with one attached hydrogen (secondary N) is 1. The van der Waals surface area contributed by atoms with E-state index in [-0.39, 0.29) is 28.8 Å². The zero-order valence-electron chi connectivity index (χ0n) is 9.47. The van der Waals surface area contributed by atoms with Crippen molar-refractivity contribution in [2.75, 3.05) is 5.32 Å². The number of hydrogen-bond acceptors (Lipinski definition) is 5. The number of aromatic nitrogens is 1. The molecule has 0 bridgehead atoms. The molecule has 2 rings (SSSR count). The number of rotatable bonds is 3. The number of ketones is 1. The minimum atomic E-state index is -3.79. The van der Waals surface area contributed by atoms with E-state index in [0.717, 1.165) is 0 Å². The first-order valence-electron chi connectivity index (χ1n) is 5.20. The first-order chi connectivity index (χ1) is 8.42. The van der Waals surface area contributed by atoms with Gasteiger partial charge in [0.25, 0.3) is 10.0 Å². The Morgan fingerprint density at radius 1 is 1.50 bits per heavy atom. The molecule has 8 heteroatoms. The zero-order chi connectivity index (χ0) is 13.3. The van der Waals surface area contributed by atoms with Crippen LogP contribution in [0, 0.1) is 0 Å². The number of anilines is 1. The number of Topliss-reactive ketones (excluding diaryl/α,β-unsaturated/α-hetero) is 1. The first kappa shape index (κ1) is 13.2. The third-order valence-electron chi connectivity index (χ3n) is 2.35. The summed E-state index contributed by atoms with van der Waals surface area (Å²) in [6.45, 7) is 1.71. The Kier molecular flexibility index (Phi) is 3.49. The van der Waals surface area contributed by atoms with Crippen molar-refractivity contribution in [3.05, 3.63) is 16.7 Å². The standard InChI is InChI=1S/C10H10BrN3O3S/c1-2-7(15)4-9-13-10-8(18(16,17)14-9)3-6(11)5-12-10/h3,5H,2,4H2,1H3,(H,12,13,14). The minimum Gasteiger partial charge on any atom is -0.326 e. The normalized spacial score (nSPS) is 16.4. The van der Waals surface area contributed by atoms with E-state index in [1.165, 1.54) is 12.3 Å². The van der Waals surface area contributed by atoms with Crippen LogP contribution in [0.15, 0.2) is 26.0 Å². The topological polar surface area (TPSA) is 88.5 Å². The van der Waals surface area contributed by atoms with Gasteiger partial charge in [0.15, 0.2) is 5.82 Å². The van der Waals surface area contributed by atoms with Crippen molar-refractivity contribution >= 4 is 43.4 Å². The quantitative estimate of drug-likeness (QED) is 0.911. The fourth-order valence-corrected chi connectivity index (χ4v) is 3.06. The van der Waals surface area contributed by atoms with Crippen molar-refractivity contribution in [2.45, 2.75) is 24.7 Å². The minimum absolute atomic E-state index is 0.00423. The van der Waals surface area contributed by atoms with E-state index in [2.05, 4.69) is 30.6 Å². The van der Waals surface area contributed by atoms with Gasteiger partial charge >= 0.3 is 0 Å². The molecule has 0 unspecified atom stereocenters. The second kappa shape index (κ2) is 4.77. The Morgan fingerprint density at radius 2 is 2.22 bits per heavy atom. The highest BCUT2D eigenvalue weighted by Gasteiger charge is 2.26. The third-order valence-corrected chi connectivity index (χ3v) is 4.11. The van der Waals surface area contributed by atoms with Crippen molar-refractivity contribution in [2.24, 2.45) is 4.40 Å². The van der Waals surface area contributed by atoms with Crippen LogP contribution in [0.2, 0.25) is 0 Å². The number of nitrogens with zero attached hydrogens (tertiary/aromatic N) is 2. The smallest absolute Gasteiger partial charge is 0.287 e. The second-order valence-electron chi connectivity index (χ2n) is 3.71. The highest BCUT2D eigenvalue weighted by Crippen LogP contribution is 2.28. The molecule has 18 heavy (non-hydrogen) atoms. The van der Waals surface area contributed by atoms with Crippen molar-refractivity contribution < 1.29 is 13.2 Å². The Hall–Kier alpha value is -1.28. The fourth-order valence-electron chi connectivity index (χ4n) is 1.45. The molecule has 1 aliphatic heterocycles. The average molecular weight is 332 g/mol. The summed E-state index contributed by atoms with van der Waals surface area (Å²) in [4.78, 5) is 15.3. The number of carbonyl (C=O) groups excluding carboxylic acids is 1. The van der Waals surface area contributed by atoms with Crippen LogP contribution >= 0.6 is 15.9 Å². The number of pyridine rings is 1. The molecule has 1 aromatic rings. The zero-order valence-corrected chi connectivity index (χ0v) is 11.9. The number of carbonyl (C=O) groups is 1. The Balaban J connectivity index is 2.42. The van der Waals surface area contributed by atoms with Gasteiger partial charge in [-0.05, 0) is 22.0 Å². The molecule has 2 heterocycles. The summed E-state index contributed by atoms with van der Waals surface area (Å²) in [6, 6.07) is 1.42. The maximum Gasteiger partial charge on any atom is 0.287 e. The van der Waals surface area contributed by atoms with Crippen LogP contribution in [0.5, 0.6) is 0 Å². The molecule has 0 aromatic carbocycles. The molecule has 1 N–H and O–H groups in total. The number of halogens is 1. The lowest BCUT2D eigenvalue weighted by atomic mass is 10.2. The molecule has 0 saturated carbocycles. The molecule has 1 aromatic heterocycles. The lowest BCUT2D eigenvalue weighted by molar-refractivity contribution is -0.117. The Labute approximate surface area is 113 Å². The Morgan fingerprint density at radius 3 is 2.89 bits per heavy atom. The number of sulfonamides is 1. The highest BCUT2D eigenvalue weighted by atomic mass is 79.9. The van der Waals surface area contributed by atoms with Gasteiger partial charge in [0.2, 0.25) is 0 Å². The van der Waals surface area contributed by atoms with Crippen LogP contribution in [0.1, 0.15) is 19.8 Å². The maximum atomic E-state index is 11.9. The molecule has 0 amide bonds. The maximum absolute atomic E-state index is 11.9. The summed E-state index contributed by atoms with van der Waals surface area (Å²) in [7, 11) is -3.79. The van der Waals surface area contributed by atoms with E-state index in [1.54, 1.807) is 6.92 Å². The molecule has 0 aliphatic carbocycles. The molecule has 0 fully saturated rings. The molecular weight excluding hydrogens is 322 g/mol. The summed E-state index contributed by atoms with van der Waals surface area (Å²) in [5.74, 6) is 0.230. The Bertz CT molecular complexity index is 640. The number of hydrogen-bond donors (Lipinski definition) is 1. The SMILES string of the molecule is CCC(=O)CC1=NS(=O)(=O)c2cc(Br)cnc2N1. The third kappa shape index (κ3) is 2.59. The summed E-state index contributed by atoms with van der Waals surface area (Å²) in [6.07, 6.45) is 1.78. The van der Waals surface area contributed by atoms with Gasteiger partial charge in [-0.15, -0.1) is 4.40 Å². The molecular formula is C10H10BrN3O3S. The summed E-state index contributed by atoms with van der Waals surface area (Å²) >= 11 is 3.15.